The zero-order chi connectivity index (χ0) is 14.2. The summed E-state index contributed by atoms with van der Waals surface area (Å²) in [6.07, 6.45) is 1.41. The van der Waals surface area contributed by atoms with Crippen LogP contribution >= 0.6 is 0 Å². The van der Waals surface area contributed by atoms with E-state index < -0.39 is 41.2 Å². The molecule has 2 rings (SSSR count). The molecule has 1 aromatic rings. The van der Waals surface area contributed by atoms with Gasteiger partial charge in [-0.3, -0.25) is 0 Å². The summed E-state index contributed by atoms with van der Waals surface area (Å²) in [7, 11) is 0. The van der Waals surface area contributed by atoms with Crippen LogP contribution in [-0.2, 0) is 0 Å². The summed E-state index contributed by atoms with van der Waals surface area (Å²) in [5.74, 6) is -7.75. The maximum Gasteiger partial charge on any atom is 0.203 e. The Morgan fingerprint density at radius 2 is 1.79 bits per heavy atom. The van der Waals surface area contributed by atoms with Crippen molar-refractivity contribution in [2.75, 3.05) is 6.61 Å². The van der Waals surface area contributed by atoms with Gasteiger partial charge in [0.25, 0.3) is 0 Å². The normalized spacial score (nSPS) is 17.7. The molecule has 1 aliphatic rings. The van der Waals surface area contributed by atoms with E-state index in [1.54, 1.807) is 6.07 Å². The number of nitriles is 1. The van der Waals surface area contributed by atoms with Gasteiger partial charge in [-0.05, 0) is 18.8 Å². The van der Waals surface area contributed by atoms with Crippen LogP contribution in [0.5, 0.6) is 5.75 Å². The van der Waals surface area contributed by atoms with Gasteiger partial charge in [0.1, 0.15) is 12.1 Å². The van der Waals surface area contributed by atoms with Gasteiger partial charge in [0.2, 0.25) is 11.6 Å². The van der Waals surface area contributed by atoms with Gasteiger partial charge in [0.05, 0.1) is 6.07 Å². The summed E-state index contributed by atoms with van der Waals surface area (Å²) >= 11 is 0. The van der Waals surface area contributed by atoms with Crippen LogP contribution in [0.4, 0.5) is 17.6 Å². The molecule has 3 nitrogen and oxygen atoms in total. The maximum atomic E-state index is 13.3. The third kappa shape index (κ3) is 2.49. The molecule has 0 spiro atoms. The van der Waals surface area contributed by atoms with Gasteiger partial charge >= 0.3 is 0 Å². The number of hydrogen-bond acceptors (Lipinski definition) is 3. The highest BCUT2D eigenvalue weighted by atomic mass is 19.2. The second-order valence-electron chi connectivity index (χ2n) is 4.51. The molecule has 0 bridgehead atoms. The average Bonchev–Trinajstić information content (AvgIpc) is 3.20. The number of ether oxygens (including phenoxy) is 1. The standard InChI is InChI=1S/C12H10F4N2O/c13-7-3-8(14)10(16)11(9(7)15)19-5-12(18,4-17)6-1-2-6/h3,6H,1-2,5,18H2. The van der Waals surface area contributed by atoms with Crippen LogP contribution in [0.25, 0.3) is 0 Å². The number of rotatable bonds is 4. The van der Waals surface area contributed by atoms with Crippen molar-refractivity contribution < 1.29 is 22.3 Å². The van der Waals surface area contributed by atoms with Crippen molar-refractivity contribution in [2.24, 2.45) is 11.7 Å². The fraction of sp³-hybridized carbons (Fsp3) is 0.417. The van der Waals surface area contributed by atoms with E-state index in [2.05, 4.69) is 0 Å². The van der Waals surface area contributed by atoms with Crippen LogP contribution in [0.1, 0.15) is 12.8 Å². The lowest BCUT2D eigenvalue weighted by Crippen LogP contribution is -2.46. The monoisotopic (exact) mass is 274 g/mol. The van der Waals surface area contributed by atoms with Crippen molar-refractivity contribution in [3.05, 3.63) is 29.3 Å². The third-order valence-corrected chi connectivity index (χ3v) is 3.04. The molecule has 2 N–H and O–H groups in total. The van der Waals surface area contributed by atoms with Gasteiger partial charge in [0, 0.05) is 6.07 Å². The summed E-state index contributed by atoms with van der Waals surface area (Å²) < 4.78 is 57.2. The molecular formula is C12H10F4N2O. The minimum absolute atomic E-state index is 0.0818. The summed E-state index contributed by atoms with van der Waals surface area (Å²) in [6, 6.07) is 1.88. The van der Waals surface area contributed by atoms with Gasteiger partial charge in [-0.2, -0.15) is 14.0 Å². The van der Waals surface area contributed by atoms with Crippen LogP contribution in [0.3, 0.4) is 0 Å². The summed E-state index contributed by atoms with van der Waals surface area (Å²) in [4.78, 5) is 0. The molecule has 1 fully saturated rings. The number of benzene rings is 1. The zero-order valence-electron chi connectivity index (χ0n) is 9.72. The Bertz CT molecular complexity index is 527. The molecule has 19 heavy (non-hydrogen) atoms. The highest BCUT2D eigenvalue weighted by molar-refractivity contribution is 5.29. The fourth-order valence-electron chi connectivity index (χ4n) is 1.71. The Hall–Kier alpha value is -1.81. The maximum absolute atomic E-state index is 13.3. The first-order valence-electron chi connectivity index (χ1n) is 5.55. The Balaban J connectivity index is 2.22. The predicted molar refractivity (Wildman–Crippen MR) is 57.0 cm³/mol. The predicted octanol–water partition coefficient (Wildman–Crippen LogP) is 2.25. The largest absolute Gasteiger partial charge is 0.484 e. The lowest BCUT2D eigenvalue weighted by molar-refractivity contribution is 0.213. The minimum Gasteiger partial charge on any atom is -0.484 e. The topological polar surface area (TPSA) is 59.0 Å². The zero-order valence-corrected chi connectivity index (χ0v) is 9.72. The molecule has 0 aromatic heterocycles. The summed E-state index contributed by atoms with van der Waals surface area (Å²) in [6.45, 7) is -0.537. The summed E-state index contributed by atoms with van der Waals surface area (Å²) in [5, 5.41) is 8.93. The molecule has 1 atom stereocenters. The molecular weight excluding hydrogens is 264 g/mol. The van der Waals surface area contributed by atoms with Crippen molar-refractivity contribution in [2.45, 2.75) is 18.4 Å². The Labute approximate surface area is 106 Å². The SMILES string of the molecule is N#CC(N)(COc1c(F)c(F)cc(F)c1F)C1CC1. The first-order chi connectivity index (χ1) is 8.89. The Morgan fingerprint density at radius 3 is 2.21 bits per heavy atom. The molecule has 7 heteroatoms. The molecule has 1 aromatic carbocycles. The molecule has 0 radical (unpaired) electrons. The van der Waals surface area contributed by atoms with E-state index in [0.29, 0.717) is 12.8 Å². The molecule has 1 aliphatic carbocycles. The van der Waals surface area contributed by atoms with Crippen LogP contribution < -0.4 is 10.5 Å². The first-order valence-corrected chi connectivity index (χ1v) is 5.55. The van der Waals surface area contributed by atoms with Crippen molar-refractivity contribution in [1.29, 1.82) is 5.26 Å². The average molecular weight is 274 g/mol. The molecule has 0 aliphatic heterocycles. The highest BCUT2D eigenvalue weighted by Gasteiger charge is 2.44. The Morgan fingerprint density at radius 1 is 1.26 bits per heavy atom. The van der Waals surface area contributed by atoms with E-state index in [4.69, 9.17) is 15.7 Å². The molecule has 1 saturated carbocycles. The first kappa shape index (κ1) is 13.6. The van der Waals surface area contributed by atoms with Crippen molar-refractivity contribution in [1.82, 2.24) is 0 Å². The smallest absolute Gasteiger partial charge is 0.203 e. The van der Waals surface area contributed by atoms with E-state index in [9.17, 15) is 17.6 Å². The highest BCUT2D eigenvalue weighted by Crippen LogP contribution is 2.38. The molecule has 1 unspecified atom stereocenters. The number of hydrogen-bond donors (Lipinski definition) is 1. The van der Waals surface area contributed by atoms with Gasteiger partial charge < -0.3 is 10.5 Å². The number of nitrogens with two attached hydrogens (primary N) is 1. The lowest BCUT2D eigenvalue weighted by Gasteiger charge is -2.21. The van der Waals surface area contributed by atoms with E-state index in [1.807, 2.05) is 0 Å². The molecule has 0 saturated heterocycles. The Kier molecular flexibility index (Phi) is 3.37. The molecule has 0 heterocycles. The van der Waals surface area contributed by atoms with Gasteiger partial charge in [-0.25, -0.2) is 8.78 Å². The third-order valence-electron chi connectivity index (χ3n) is 3.04. The van der Waals surface area contributed by atoms with Crippen molar-refractivity contribution in [3.63, 3.8) is 0 Å². The van der Waals surface area contributed by atoms with Crippen LogP contribution in [-0.4, -0.2) is 12.1 Å². The minimum atomic E-state index is -1.64. The fourth-order valence-corrected chi connectivity index (χ4v) is 1.71. The van der Waals surface area contributed by atoms with Gasteiger partial charge in [0.15, 0.2) is 17.4 Å². The van der Waals surface area contributed by atoms with E-state index >= 15 is 0 Å². The second kappa shape index (κ2) is 4.70. The quantitative estimate of drug-likeness (QED) is 0.676. The van der Waals surface area contributed by atoms with Crippen LogP contribution in [0, 0.1) is 40.5 Å². The van der Waals surface area contributed by atoms with Crippen molar-refractivity contribution >= 4 is 0 Å². The summed E-state index contributed by atoms with van der Waals surface area (Å²) in [5.41, 5.74) is 4.29. The van der Waals surface area contributed by atoms with Crippen LogP contribution in [0.15, 0.2) is 6.07 Å². The van der Waals surface area contributed by atoms with Gasteiger partial charge in [-0.15, -0.1) is 0 Å². The van der Waals surface area contributed by atoms with E-state index in [0.717, 1.165) is 0 Å². The van der Waals surface area contributed by atoms with Crippen LogP contribution in [0.2, 0.25) is 0 Å². The lowest BCUT2D eigenvalue weighted by atomic mass is 9.98. The second-order valence-corrected chi connectivity index (χ2v) is 4.51. The molecule has 102 valence electrons. The van der Waals surface area contributed by atoms with E-state index in [1.165, 1.54) is 0 Å². The van der Waals surface area contributed by atoms with E-state index in [-0.39, 0.29) is 12.0 Å². The molecule has 0 amide bonds. The van der Waals surface area contributed by atoms with Gasteiger partial charge in [-0.1, -0.05) is 0 Å². The number of halogens is 4. The number of nitrogens with zero attached hydrogens (tertiary/aromatic N) is 1. The van der Waals surface area contributed by atoms with Crippen molar-refractivity contribution in [3.8, 4) is 11.8 Å².